The van der Waals surface area contributed by atoms with E-state index in [1.165, 1.54) is 37.9 Å². The van der Waals surface area contributed by atoms with E-state index >= 15 is 0 Å². The molecule has 0 heterocycles. The summed E-state index contributed by atoms with van der Waals surface area (Å²) in [5.41, 5.74) is 1.45. The van der Waals surface area contributed by atoms with Crippen LogP contribution in [-0.4, -0.2) is 0 Å². The van der Waals surface area contributed by atoms with Gasteiger partial charge in [-0.3, -0.25) is 0 Å². The molecule has 0 N–H and O–H groups in total. The first-order valence-electron chi connectivity index (χ1n) is 6.54. The summed E-state index contributed by atoms with van der Waals surface area (Å²) < 4.78 is 0. The van der Waals surface area contributed by atoms with Crippen LogP contribution in [0.15, 0.2) is 54.6 Å². The van der Waals surface area contributed by atoms with Gasteiger partial charge in [0.15, 0.2) is 0 Å². The summed E-state index contributed by atoms with van der Waals surface area (Å²) in [6.07, 6.45) is 1.09. The highest BCUT2D eigenvalue weighted by Gasteiger charge is 2.09. The first kappa shape index (κ1) is 12.0. The molecule has 0 aliphatic rings. The van der Waals surface area contributed by atoms with Crippen LogP contribution in [0.3, 0.4) is 0 Å². The van der Waals surface area contributed by atoms with Crippen molar-refractivity contribution in [2.75, 3.05) is 0 Å². The molecule has 0 atom stereocenters. The molecule has 0 bridgehead atoms. The lowest BCUT2D eigenvalue weighted by atomic mass is 9.91. The second kappa shape index (κ2) is 4.24. The van der Waals surface area contributed by atoms with Crippen LogP contribution >= 0.6 is 0 Å². The summed E-state index contributed by atoms with van der Waals surface area (Å²) >= 11 is 0. The van der Waals surface area contributed by atoms with Crippen LogP contribution in [0.4, 0.5) is 0 Å². The third kappa shape index (κ3) is 1.53. The normalized spacial score (nSPS) is 11.2. The molecule has 4 aromatic rings. The lowest BCUT2D eigenvalue weighted by Gasteiger charge is -2.12. The Labute approximate surface area is 114 Å². The fourth-order valence-electron chi connectivity index (χ4n) is 3.10. The molecule has 0 aliphatic carbocycles. The van der Waals surface area contributed by atoms with Crippen molar-refractivity contribution in [1.29, 1.82) is 0 Å². The Hall–Kier alpha value is -2.08. The molecular formula is C19H18. The summed E-state index contributed by atoms with van der Waals surface area (Å²) in [5.74, 6) is 0. The van der Waals surface area contributed by atoms with E-state index in [1.54, 1.807) is 0 Å². The Morgan fingerprint density at radius 2 is 1.26 bits per heavy atom. The van der Waals surface area contributed by atoms with E-state index < -0.39 is 0 Å². The van der Waals surface area contributed by atoms with E-state index in [4.69, 9.17) is 0 Å². The minimum Gasteiger partial charge on any atom is -0.0776 e. The molecule has 0 saturated carbocycles. The van der Waals surface area contributed by atoms with Crippen LogP contribution in [0.25, 0.3) is 32.3 Å². The Balaban J connectivity index is 0.00000110. The molecule has 94 valence electrons. The second-order valence-corrected chi connectivity index (χ2v) is 4.93. The van der Waals surface area contributed by atoms with Crippen molar-refractivity contribution in [3.8, 4) is 0 Å². The standard InChI is InChI=1S/C18H14.CH4/c1-2-12-6-7-15-9-8-13-4-3-5-14-10-11-16(12)18(15)17(13)14;/h3-11H,2H2,1H3;1H4. The van der Waals surface area contributed by atoms with Crippen LogP contribution in [0, 0.1) is 0 Å². The van der Waals surface area contributed by atoms with Crippen LogP contribution in [0.2, 0.25) is 0 Å². The summed E-state index contributed by atoms with van der Waals surface area (Å²) in [6, 6.07) is 20.1. The van der Waals surface area contributed by atoms with E-state index in [-0.39, 0.29) is 7.43 Å². The highest BCUT2D eigenvalue weighted by atomic mass is 14.1. The minimum absolute atomic E-state index is 0. The second-order valence-electron chi connectivity index (χ2n) is 4.93. The van der Waals surface area contributed by atoms with Gasteiger partial charge in [-0.2, -0.15) is 0 Å². The molecule has 0 spiro atoms. The van der Waals surface area contributed by atoms with Gasteiger partial charge in [0, 0.05) is 0 Å². The summed E-state index contributed by atoms with van der Waals surface area (Å²) in [6.45, 7) is 2.23. The SMILES string of the molecule is C.CCc1ccc2ccc3cccc4ccc1c2c34. The predicted octanol–water partition coefficient (Wildman–Crippen LogP) is 5.78. The van der Waals surface area contributed by atoms with Gasteiger partial charge in [0.2, 0.25) is 0 Å². The number of hydrogen-bond donors (Lipinski definition) is 0. The molecular weight excluding hydrogens is 228 g/mol. The van der Waals surface area contributed by atoms with Crippen LogP contribution < -0.4 is 0 Å². The average Bonchev–Trinajstić information content (AvgIpc) is 2.44. The van der Waals surface area contributed by atoms with Crippen molar-refractivity contribution in [2.24, 2.45) is 0 Å². The van der Waals surface area contributed by atoms with Gasteiger partial charge < -0.3 is 0 Å². The van der Waals surface area contributed by atoms with Crippen molar-refractivity contribution < 1.29 is 0 Å². The molecule has 4 rings (SSSR count). The van der Waals surface area contributed by atoms with Crippen LogP contribution in [-0.2, 0) is 6.42 Å². The zero-order valence-electron chi connectivity index (χ0n) is 10.4. The fourth-order valence-corrected chi connectivity index (χ4v) is 3.10. The van der Waals surface area contributed by atoms with E-state index in [1.807, 2.05) is 0 Å². The molecule has 4 aromatic carbocycles. The fraction of sp³-hybridized carbons (Fsp3) is 0.158. The summed E-state index contributed by atoms with van der Waals surface area (Å²) in [7, 11) is 0. The minimum atomic E-state index is 0. The highest BCUT2D eigenvalue weighted by molar-refractivity contribution is 6.23. The van der Waals surface area contributed by atoms with E-state index in [0.717, 1.165) is 6.42 Å². The lowest BCUT2D eigenvalue weighted by Crippen LogP contribution is -1.88. The number of rotatable bonds is 1. The molecule has 0 saturated heterocycles. The molecule has 19 heavy (non-hydrogen) atoms. The van der Waals surface area contributed by atoms with Crippen LogP contribution in [0.1, 0.15) is 19.9 Å². The van der Waals surface area contributed by atoms with Gasteiger partial charge in [-0.25, -0.2) is 0 Å². The van der Waals surface area contributed by atoms with Crippen molar-refractivity contribution in [2.45, 2.75) is 20.8 Å². The average molecular weight is 246 g/mol. The van der Waals surface area contributed by atoms with Gasteiger partial charge in [0.1, 0.15) is 0 Å². The van der Waals surface area contributed by atoms with Gasteiger partial charge in [-0.15, -0.1) is 0 Å². The number of aryl methyl sites for hydroxylation is 1. The number of benzene rings is 4. The van der Waals surface area contributed by atoms with Gasteiger partial charge in [0.05, 0.1) is 0 Å². The third-order valence-electron chi connectivity index (χ3n) is 4.00. The van der Waals surface area contributed by atoms with Crippen LogP contribution in [0.5, 0.6) is 0 Å². The van der Waals surface area contributed by atoms with E-state index in [2.05, 4.69) is 61.5 Å². The number of hydrogen-bond acceptors (Lipinski definition) is 0. The summed E-state index contributed by atoms with van der Waals surface area (Å²) in [4.78, 5) is 0. The van der Waals surface area contributed by atoms with Crippen molar-refractivity contribution >= 4 is 32.3 Å². The molecule has 0 fully saturated rings. The maximum Gasteiger partial charge on any atom is -0.00240 e. The maximum absolute atomic E-state index is 2.28. The predicted molar refractivity (Wildman–Crippen MR) is 86.3 cm³/mol. The smallest absolute Gasteiger partial charge is 0.00240 e. The van der Waals surface area contributed by atoms with Gasteiger partial charge in [-0.05, 0) is 44.3 Å². The van der Waals surface area contributed by atoms with Gasteiger partial charge in [0.25, 0.3) is 0 Å². The molecule has 0 amide bonds. The molecule has 0 aromatic heterocycles. The third-order valence-corrected chi connectivity index (χ3v) is 4.00. The van der Waals surface area contributed by atoms with E-state index in [0.29, 0.717) is 0 Å². The Bertz CT molecular complexity index is 840. The summed E-state index contributed by atoms with van der Waals surface area (Å²) in [5, 5.41) is 8.32. The zero-order chi connectivity index (χ0) is 12.1. The molecule has 0 heteroatoms. The van der Waals surface area contributed by atoms with Crippen molar-refractivity contribution in [3.05, 3.63) is 60.2 Å². The van der Waals surface area contributed by atoms with Crippen molar-refractivity contribution in [1.82, 2.24) is 0 Å². The van der Waals surface area contributed by atoms with Crippen molar-refractivity contribution in [3.63, 3.8) is 0 Å². The molecule has 0 nitrogen and oxygen atoms in total. The lowest BCUT2D eigenvalue weighted by molar-refractivity contribution is 1.16. The quantitative estimate of drug-likeness (QED) is 0.373. The Morgan fingerprint density at radius 1 is 0.684 bits per heavy atom. The molecule has 0 unspecified atom stereocenters. The first-order chi connectivity index (χ1) is 8.88. The Morgan fingerprint density at radius 3 is 1.95 bits per heavy atom. The zero-order valence-corrected chi connectivity index (χ0v) is 10.4. The van der Waals surface area contributed by atoms with Gasteiger partial charge >= 0.3 is 0 Å². The van der Waals surface area contributed by atoms with E-state index in [9.17, 15) is 0 Å². The maximum atomic E-state index is 2.28. The molecule has 0 aliphatic heterocycles. The Kier molecular flexibility index (Phi) is 2.67. The first-order valence-corrected chi connectivity index (χ1v) is 6.54. The van der Waals surface area contributed by atoms with Gasteiger partial charge in [-0.1, -0.05) is 68.9 Å². The monoisotopic (exact) mass is 246 g/mol. The topological polar surface area (TPSA) is 0 Å². The highest BCUT2D eigenvalue weighted by Crippen LogP contribution is 2.35. The molecule has 0 radical (unpaired) electrons. The largest absolute Gasteiger partial charge is 0.0776 e.